The van der Waals surface area contributed by atoms with Crippen LogP contribution in [0.4, 0.5) is 0 Å². The zero-order valence-electron chi connectivity index (χ0n) is 21.3. The maximum atomic E-state index is 12.7. The van der Waals surface area contributed by atoms with Crippen molar-refractivity contribution < 1.29 is 4.79 Å². The Morgan fingerprint density at radius 2 is 1.82 bits per heavy atom. The summed E-state index contributed by atoms with van der Waals surface area (Å²) in [4.78, 5) is 23.0. The van der Waals surface area contributed by atoms with Crippen LogP contribution < -0.4 is 5.32 Å². The molecule has 5 nitrogen and oxygen atoms in total. The number of amides is 1. The average Bonchev–Trinajstić information content (AvgIpc) is 3.41. The molecule has 0 radical (unpaired) electrons. The molecule has 1 saturated carbocycles. The minimum Gasteiger partial charge on any atom is -0.354 e. The highest BCUT2D eigenvalue weighted by molar-refractivity contribution is 5.92. The second-order valence-corrected chi connectivity index (χ2v) is 11.1. The van der Waals surface area contributed by atoms with Crippen molar-refractivity contribution in [1.82, 2.24) is 20.2 Å². The van der Waals surface area contributed by atoms with Crippen molar-refractivity contribution in [3.8, 4) is 11.3 Å². The fraction of sp³-hybridized carbons (Fsp3) is 0.517. The van der Waals surface area contributed by atoms with E-state index in [1.165, 1.54) is 46.1 Å². The monoisotopic (exact) mass is 458 g/mol. The molecule has 2 fully saturated rings. The summed E-state index contributed by atoms with van der Waals surface area (Å²) in [5.74, 6) is 1.17. The van der Waals surface area contributed by atoms with E-state index in [-0.39, 0.29) is 11.4 Å². The Labute approximate surface area is 203 Å². The number of nitrogens with zero attached hydrogens (tertiary/aromatic N) is 2. The number of pyridine rings is 1. The van der Waals surface area contributed by atoms with E-state index in [2.05, 4.69) is 85.1 Å². The summed E-state index contributed by atoms with van der Waals surface area (Å²) < 4.78 is 0. The summed E-state index contributed by atoms with van der Waals surface area (Å²) in [6.07, 6.45) is 4.44. The van der Waals surface area contributed by atoms with E-state index in [1.807, 2.05) is 0 Å². The lowest BCUT2D eigenvalue weighted by Gasteiger charge is -2.32. The first-order valence-corrected chi connectivity index (χ1v) is 12.9. The Balaban J connectivity index is 1.36. The molecule has 3 aromatic rings. The number of benzene rings is 1. The fourth-order valence-electron chi connectivity index (χ4n) is 5.52. The molecule has 180 valence electrons. The summed E-state index contributed by atoms with van der Waals surface area (Å²) in [6.45, 7) is 13.1. The van der Waals surface area contributed by atoms with Crippen molar-refractivity contribution in [2.75, 3.05) is 19.6 Å². The van der Waals surface area contributed by atoms with E-state index >= 15 is 0 Å². The van der Waals surface area contributed by atoms with Gasteiger partial charge in [0.2, 0.25) is 5.91 Å². The van der Waals surface area contributed by atoms with E-state index in [1.54, 1.807) is 0 Å². The topological polar surface area (TPSA) is 61.0 Å². The SMILES string of the molecule is Cc1cc(-c2[nH]c3ccc(C4CCN(C(=O)CNC5(C)CC5)CC4)cc3c2C(C)C)cc(C)n1. The lowest BCUT2D eigenvalue weighted by molar-refractivity contribution is -0.131. The molecule has 0 bridgehead atoms. The van der Waals surface area contributed by atoms with Gasteiger partial charge >= 0.3 is 0 Å². The molecule has 1 amide bonds. The molecule has 1 aromatic carbocycles. The fourth-order valence-corrected chi connectivity index (χ4v) is 5.52. The number of piperidine rings is 1. The van der Waals surface area contributed by atoms with Crippen LogP contribution in [0.5, 0.6) is 0 Å². The van der Waals surface area contributed by atoms with E-state index in [0.29, 0.717) is 18.4 Å². The molecular weight excluding hydrogens is 420 g/mol. The number of carbonyl (C=O) groups excluding carboxylic acids is 1. The van der Waals surface area contributed by atoms with Gasteiger partial charge in [-0.3, -0.25) is 9.78 Å². The molecule has 0 spiro atoms. The van der Waals surface area contributed by atoms with Gasteiger partial charge in [-0.1, -0.05) is 19.9 Å². The van der Waals surface area contributed by atoms with Gasteiger partial charge in [-0.25, -0.2) is 0 Å². The number of aromatic nitrogens is 2. The zero-order valence-corrected chi connectivity index (χ0v) is 21.3. The third-order valence-electron chi connectivity index (χ3n) is 7.80. The molecule has 1 aliphatic heterocycles. The molecule has 0 unspecified atom stereocenters. The quantitative estimate of drug-likeness (QED) is 0.489. The van der Waals surface area contributed by atoms with Gasteiger partial charge in [0, 0.05) is 46.5 Å². The van der Waals surface area contributed by atoms with Gasteiger partial charge in [0.05, 0.1) is 12.2 Å². The first-order valence-electron chi connectivity index (χ1n) is 12.9. The number of aromatic amines is 1. The lowest BCUT2D eigenvalue weighted by atomic mass is 9.87. The van der Waals surface area contributed by atoms with Gasteiger partial charge in [-0.05, 0) is 93.7 Å². The van der Waals surface area contributed by atoms with Crippen molar-refractivity contribution >= 4 is 16.8 Å². The van der Waals surface area contributed by atoms with E-state index < -0.39 is 0 Å². The molecule has 34 heavy (non-hydrogen) atoms. The number of carbonyl (C=O) groups is 1. The van der Waals surface area contributed by atoms with Gasteiger partial charge in [0.25, 0.3) is 0 Å². The van der Waals surface area contributed by atoms with Crippen molar-refractivity contribution in [3.63, 3.8) is 0 Å². The van der Waals surface area contributed by atoms with Crippen LogP contribution in [-0.4, -0.2) is 45.9 Å². The van der Waals surface area contributed by atoms with Gasteiger partial charge in [-0.15, -0.1) is 0 Å². The molecule has 3 heterocycles. The van der Waals surface area contributed by atoms with Crippen LogP contribution in [0.25, 0.3) is 22.2 Å². The Morgan fingerprint density at radius 3 is 2.44 bits per heavy atom. The predicted molar refractivity (Wildman–Crippen MR) is 139 cm³/mol. The predicted octanol–water partition coefficient (Wildman–Crippen LogP) is 5.82. The molecule has 2 aliphatic rings. The smallest absolute Gasteiger partial charge is 0.236 e. The number of hydrogen-bond acceptors (Lipinski definition) is 3. The van der Waals surface area contributed by atoms with Gasteiger partial charge in [-0.2, -0.15) is 0 Å². The highest BCUT2D eigenvalue weighted by Gasteiger charge is 2.37. The normalized spacial score (nSPS) is 18.1. The largest absolute Gasteiger partial charge is 0.354 e. The van der Waals surface area contributed by atoms with Gasteiger partial charge < -0.3 is 15.2 Å². The minimum absolute atomic E-state index is 0.209. The summed E-state index contributed by atoms with van der Waals surface area (Å²) >= 11 is 0. The van der Waals surface area contributed by atoms with Crippen LogP contribution in [0.1, 0.15) is 80.8 Å². The highest BCUT2D eigenvalue weighted by Crippen LogP contribution is 2.38. The maximum Gasteiger partial charge on any atom is 0.236 e. The van der Waals surface area contributed by atoms with Crippen molar-refractivity contribution in [2.24, 2.45) is 0 Å². The standard InChI is InChI=1S/C29H38N4O/c1-18(2)27-24-16-22(6-7-25(24)32-28(27)23-14-19(3)31-20(4)15-23)21-8-12-33(13-9-21)26(34)17-30-29(5)10-11-29/h6-7,14-16,18,21,30,32H,8-13,17H2,1-5H3. The molecule has 1 saturated heterocycles. The number of likely N-dealkylation sites (tertiary alicyclic amines) is 1. The summed E-state index contributed by atoms with van der Waals surface area (Å²) in [7, 11) is 0. The van der Waals surface area contributed by atoms with Crippen LogP contribution >= 0.6 is 0 Å². The summed E-state index contributed by atoms with van der Waals surface area (Å²) in [5, 5.41) is 4.76. The molecule has 5 heteroatoms. The molecular formula is C29H38N4O. The summed E-state index contributed by atoms with van der Waals surface area (Å²) in [5.41, 5.74) is 8.72. The number of rotatable bonds is 6. The maximum absolute atomic E-state index is 12.7. The second-order valence-electron chi connectivity index (χ2n) is 11.1. The average molecular weight is 459 g/mol. The Bertz CT molecular complexity index is 1190. The molecule has 2 N–H and O–H groups in total. The van der Waals surface area contributed by atoms with E-state index in [0.717, 1.165) is 37.3 Å². The number of aryl methyl sites for hydroxylation is 2. The Morgan fingerprint density at radius 1 is 1.15 bits per heavy atom. The number of hydrogen-bond donors (Lipinski definition) is 2. The van der Waals surface area contributed by atoms with Gasteiger partial charge in [0.15, 0.2) is 0 Å². The Hall–Kier alpha value is -2.66. The molecule has 1 aliphatic carbocycles. The van der Waals surface area contributed by atoms with Crippen LogP contribution in [0, 0.1) is 13.8 Å². The van der Waals surface area contributed by atoms with Crippen LogP contribution in [-0.2, 0) is 4.79 Å². The second kappa shape index (κ2) is 8.84. The molecule has 2 aromatic heterocycles. The number of H-pyrrole nitrogens is 1. The third kappa shape index (κ3) is 4.63. The van der Waals surface area contributed by atoms with Crippen molar-refractivity contribution in [3.05, 3.63) is 52.8 Å². The number of nitrogens with one attached hydrogen (secondary N) is 2. The van der Waals surface area contributed by atoms with Crippen LogP contribution in [0.2, 0.25) is 0 Å². The van der Waals surface area contributed by atoms with E-state index in [4.69, 9.17) is 0 Å². The van der Waals surface area contributed by atoms with Gasteiger partial charge in [0.1, 0.15) is 0 Å². The first kappa shape index (κ1) is 23.1. The van der Waals surface area contributed by atoms with E-state index in [9.17, 15) is 4.79 Å². The van der Waals surface area contributed by atoms with Crippen molar-refractivity contribution in [2.45, 2.75) is 77.7 Å². The summed E-state index contributed by atoms with van der Waals surface area (Å²) in [6, 6.07) is 11.3. The lowest BCUT2D eigenvalue weighted by Crippen LogP contribution is -2.44. The zero-order chi connectivity index (χ0) is 24.0. The first-order chi connectivity index (χ1) is 16.2. The van der Waals surface area contributed by atoms with Crippen LogP contribution in [0.15, 0.2) is 30.3 Å². The van der Waals surface area contributed by atoms with Crippen molar-refractivity contribution in [1.29, 1.82) is 0 Å². The Kier molecular flexibility index (Phi) is 6.01. The third-order valence-corrected chi connectivity index (χ3v) is 7.80. The minimum atomic E-state index is 0.209. The number of fused-ring (bicyclic) bond motifs is 1. The molecule has 0 atom stereocenters. The van der Waals surface area contributed by atoms with Crippen LogP contribution in [0.3, 0.4) is 0 Å². The molecule has 5 rings (SSSR count). The highest BCUT2D eigenvalue weighted by atomic mass is 16.2.